The van der Waals surface area contributed by atoms with Crippen LogP contribution in [0.3, 0.4) is 0 Å². The van der Waals surface area contributed by atoms with E-state index < -0.39 is 0 Å². The van der Waals surface area contributed by atoms with Crippen LogP contribution in [0.5, 0.6) is 0 Å². The van der Waals surface area contributed by atoms with Crippen molar-refractivity contribution < 1.29 is 24.2 Å². The molecule has 0 spiro atoms. The monoisotopic (exact) mass is 728 g/mol. The molecule has 3 aromatic carbocycles. The fourth-order valence-electron chi connectivity index (χ4n) is 6.27. The van der Waals surface area contributed by atoms with Crippen molar-refractivity contribution in [3.63, 3.8) is 0 Å². The summed E-state index contributed by atoms with van der Waals surface area (Å²) < 4.78 is 3.34. The maximum atomic E-state index is 3.34. The molecule has 0 aliphatic heterocycles. The smallest absolute Gasteiger partial charge is 0.171 e. The van der Waals surface area contributed by atoms with Gasteiger partial charge in [0.05, 0.1) is 0 Å². The second kappa shape index (κ2) is 18.4. The molecule has 0 aromatic heterocycles. The summed E-state index contributed by atoms with van der Waals surface area (Å²) in [5.74, 6) is 0.556. The van der Waals surface area contributed by atoms with Crippen LogP contribution in [-0.4, -0.2) is 4.21 Å². The molecule has 1 atom stereocenters. The first kappa shape index (κ1) is 41.8. The summed E-state index contributed by atoms with van der Waals surface area (Å²) in [4.78, 5) is 0. The molecule has 7 rings (SSSR count). The summed E-state index contributed by atoms with van der Waals surface area (Å²) >= 11 is 1.30. The molecule has 0 heterocycles. The molecule has 246 valence electrons. The van der Waals surface area contributed by atoms with E-state index >= 15 is 0 Å². The Bertz CT molecular complexity index is 1460. The van der Waals surface area contributed by atoms with Gasteiger partial charge in [0, 0.05) is 0 Å². The number of fused-ring (bicyclic) bond motifs is 5. The summed E-state index contributed by atoms with van der Waals surface area (Å²) in [5, 5.41) is 0. The van der Waals surface area contributed by atoms with Crippen LogP contribution >= 0.6 is 24.8 Å². The third kappa shape index (κ3) is 9.69. The molecular formula is C43H52Cl2Zr-4. The number of hydrogen-bond acceptors (Lipinski definition) is 0. The van der Waals surface area contributed by atoms with Gasteiger partial charge in [0.15, 0.2) is 0 Å². The Hall–Kier alpha value is -2.18. The number of halogens is 2. The molecule has 0 saturated carbocycles. The standard InChI is InChI=1S/C27H29.C7H9.C6H5.C2H5.CH2.2ClH.Zr/c1-16-7-9-26(3,4)24-12-18-11-19-13-25-21(17(2)8-10-27(25,5)6)15-23(19)22(18)14-20(16)24;1-6-3-4-7(2)5-6;1-2-4-6-5-3-1;1-2;;;;/h7-9,12-15H,10-11H2,1-6H3;3,5,7H,1-2H3;1-5H;1H2,2H3;1H2;2*1H;/q4*-1;;;;. The van der Waals surface area contributed by atoms with Crippen LogP contribution in [0.2, 0.25) is 0 Å². The molecule has 4 aliphatic carbocycles. The molecule has 0 amide bonds. The van der Waals surface area contributed by atoms with Gasteiger partial charge >= 0.3 is 28.4 Å². The zero-order valence-corrected chi connectivity index (χ0v) is 33.4. The SMILES string of the molecule is CC1=CC(C)[C-]=C1.CC1=C[CH-]C(C)(C)c2cc3c(cc21)-c1cc2c(cc1C3)C(C)(C)CC=C2C.Cl.Cl.[CH2-]C.[CH2]=[Zr].[c-]1ccccc1. The largest absolute Gasteiger partial charge is 0.184 e. The van der Waals surface area contributed by atoms with Crippen molar-refractivity contribution in [2.75, 3.05) is 0 Å². The molecule has 3 aromatic rings. The second-order valence-electron chi connectivity index (χ2n) is 13.1. The molecule has 0 nitrogen and oxygen atoms in total. The summed E-state index contributed by atoms with van der Waals surface area (Å²) in [6.07, 6.45) is 16.7. The molecule has 0 N–H and O–H groups in total. The normalized spacial score (nSPS) is 17.6. The van der Waals surface area contributed by atoms with Gasteiger partial charge in [-0.2, -0.15) is 55.0 Å². The van der Waals surface area contributed by atoms with Crippen molar-refractivity contribution in [3.8, 4) is 11.1 Å². The van der Waals surface area contributed by atoms with Gasteiger partial charge in [-0.25, -0.2) is 24.1 Å². The fourth-order valence-corrected chi connectivity index (χ4v) is 6.27. The Kier molecular flexibility index (Phi) is 16.7. The van der Waals surface area contributed by atoms with Crippen LogP contribution in [0.4, 0.5) is 0 Å². The van der Waals surface area contributed by atoms with Gasteiger partial charge in [-0.3, -0.25) is 6.08 Å². The minimum Gasteiger partial charge on any atom is -0.184 e. The van der Waals surface area contributed by atoms with Crippen LogP contribution in [0.1, 0.15) is 102 Å². The summed E-state index contributed by atoms with van der Waals surface area (Å²) in [6.45, 7) is 23.2. The van der Waals surface area contributed by atoms with Crippen molar-refractivity contribution in [1.29, 1.82) is 0 Å². The van der Waals surface area contributed by atoms with E-state index in [4.69, 9.17) is 0 Å². The zero-order chi connectivity index (χ0) is 32.7. The van der Waals surface area contributed by atoms with E-state index in [1.807, 2.05) is 36.4 Å². The van der Waals surface area contributed by atoms with Gasteiger partial charge in [-0.05, 0) is 70.2 Å². The minimum absolute atomic E-state index is 0. The third-order valence-corrected chi connectivity index (χ3v) is 8.79. The number of rotatable bonds is 0. The van der Waals surface area contributed by atoms with Crippen LogP contribution in [0.25, 0.3) is 22.3 Å². The van der Waals surface area contributed by atoms with Crippen molar-refractivity contribution in [1.82, 2.24) is 0 Å². The predicted molar refractivity (Wildman–Crippen MR) is 206 cm³/mol. The first-order chi connectivity index (χ1) is 21.0. The van der Waals surface area contributed by atoms with Gasteiger partial charge in [-0.15, -0.1) is 44.2 Å². The van der Waals surface area contributed by atoms with Gasteiger partial charge < -0.3 is 6.92 Å². The van der Waals surface area contributed by atoms with Crippen LogP contribution in [0.15, 0.2) is 84.5 Å². The molecule has 0 fully saturated rings. The van der Waals surface area contributed by atoms with Crippen molar-refractivity contribution >= 4 is 40.2 Å². The van der Waals surface area contributed by atoms with Crippen LogP contribution in [-0.2, 0) is 41.5 Å². The maximum absolute atomic E-state index is 3.34. The van der Waals surface area contributed by atoms with Crippen LogP contribution in [0, 0.1) is 31.4 Å². The summed E-state index contributed by atoms with van der Waals surface area (Å²) in [6, 6.07) is 22.5. The van der Waals surface area contributed by atoms with E-state index in [-0.39, 0.29) is 35.6 Å². The van der Waals surface area contributed by atoms with Crippen molar-refractivity contribution in [2.24, 2.45) is 5.92 Å². The van der Waals surface area contributed by atoms with Gasteiger partial charge in [0.1, 0.15) is 0 Å². The number of allylic oxidation sites excluding steroid dienone is 8. The van der Waals surface area contributed by atoms with E-state index in [0.717, 1.165) is 12.8 Å². The van der Waals surface area contributed by atoms with Gasteiger partial charge in [0.25, 0.3) is 0 Å². The number of benzene rings is 3. The molecule has 0 bridgehead atoms. The van der Waals surface area contributed by atoms with Gasteiger partial charge in [-0.1, -0.05) is 75.8 Å². The average Bonchev–Trinajstić information content (AvgIpc) is 3.60. The quantitative estimate of drug-likeness (QED) is 0.158. The Balaban J connectivity index is 0.000000461. The van der Waals surface area contributed by atoms with Crippen molar-refractivity contribution in [3.05, 3.63) is 143 Å². The first-order valence-corrected chi connectivity index (χ1v) is 17.5. The van der Waals surface area contributed by atoms with E-state index in [1.165, 1.54) is 85.5 Å². The molecule has 1 unspecified atom stereocenters. The molecule has 0 radical (unpaired) electrons. The molecule has 46 heavy (non-hydrogen) atoms. The van der Waals surface area contributed by atoms with E-state index in [2.05, 4.69) is 128 Å². The Morgan fingerprint density at radius 1 is 0.804 bits per heavy atom. The summed E-state index contributed by atoms with van der Waals surface area (Å²) in [5.41, 5.74) is 16.3. The topological polar surface area (TPSA) is 0 Å². The minimum atomic E-state index is 0. The predicted octanol–water partition coefficient (Wildman–Crippen LogP) is 12.3. The Morgan fingerprint density at radius 2 is 1.35 bits per heavy atom. The van der Waals surface area contributed by atoms with Gasteiger partial charge in [0.2, 0.25) is 0 Å². The molecule has 0 saturated heterocycles. The third-order valence-electron chi connectivity index (χ3n) is 8.79. The Labute approximate surface area is 308 Å². The maximum Gasteiger partial charge on any atom is -0.171 e. The average molecular weight is 731 g/mol. The first-order valence-electron chi connectivity index (χ1n) is 15.8. The molecular weight excluding hydrogens is 679 g/mol. The zero-order valence-electron chi connectivity index (χ0n) is 29.3. The molecule has 4 aliphatic rings. The fraction of sp³-hybridized carbons (Fsp3) is 0.326. The van der Waals surface area contributed by atoms with E-state index in [0.29, 0.717) is 5.92 Å². The summed E-state index contributed by atoms with van der Waals surface area (Å²) in [7, 11) is 0. The van der Waals surface area contributed by atoms with Crippen molar-refractivity contribution in [2.45, 2.75) is 86.0 Å². The van der Waals surface area contributed by atoms with E-state index in [1.54, 1.807) is 6.92 Å². The second-order valence-corrected chi connectivity index (χ2v) is 13.1. The molecule has 3 heteroatoms. The van der Waals surface area contributed by atoms with Crippen LogP contribution < -0.4 is 0 Å². The Morgan fingerprint density at radius 3 is 1.78 bits per heavy atom. The van der Waals surface area contributed by atoms with E-state index in [9.17, 15) is 0 Å². The number of hydrogen-bond donors (Lipinski definition) is 0.